The van der Waals surface area contributed by atoms with Crippen LogP contribution in [0.15, 0.2) is 18.2 Å². The van der Waals surface area contributed by atoms with Crippen molar-refractivity contribution in [3.63, 3.8) is 0 Å². The van der Waals surface area contributed by atoms with E-state index in [1.54, 1.807) is 12.1 Å². The highest BCUT2D eigenvalue weighted by Crippen LogP contribution is 2.25. The minimum Gasteiger partial charge on any atom is -0.391 e. The first-order chi connectivity index (χ1) is 11.5. The Hall–Kier alpha value is -0.520. The predicted molar refractivity (Wildman–Crippen MR) is 104 cm³/mol. The molecule has 3 rings (SSSR count). The standard InChI is InChI=1S/C18H24Cl2N2O2.ClH/c19-14-6-5-13(10-15(14)20)11-18(24)22-9-3-4-17(23)16(22)12-21-7-1-2-8-21;/h5-6,10,16-17,23H,1-4,7-9,11-12H2;1H/t16-,17+;/m1./s1. The largest absolute Gasteiger partial charge is 0.391 e. The summed E-state index contributed by atoms with van der Waals surface area (Å²) in [6, 6.07) is 5.20. The zero-order valence-corrected chi connectivity index (χ0v) is 16.5. The maximum atomic E-state index is 12.8. The van der Waals surface area contributed by atoms with Crippen molar-refractivity contribution >= 4 is 41.5 Å². The molecule has 1 aromatic rings. The second kappa shape index (κ2) is 9.43. The van der Waals surface area contributed by atoms with Crippen molar-refractivity contribution in [1.29, 1.82) is 0 Å². The van der Waals surface area contributed by atoms with Crippen LogP contribution in [0.2, 0.25) is 10.0 Å². The van der Waals surface area contributed by atoms with Crippen LogP contribution in [-0.2, 0) is 11.2 Å². The molecule has 2 saturated heterocycles. The minimum atomic E-state index is -0.433. The zero-order valence-electron chi connectivity index (χ0n) is 14.2. The van der Waals surface area contributed by atoms with Crippen LogP contribution in [0, 0.1) is 0 Å². The summed E-state index contributed by atoms with van der Waals surface area (Å²) in [4.78, 5) is 17.0. The number of aliphatic hydroxyl groups is 1. The molecular weight excluding hydrogens is 383 g/mol. The van der Waals surface area contributed by atoms with Gasteiger partial charge < -0.3 is 14.9 Å². The quantitative estimate of drug-likeness (QED) is 0.832. The van der Waals surface area contributed by atoms with Crippen molar-refractivity contribution in [1.82, 2.24) is 9.80 Å². The number of likely N-dealkylation sites (tertiary alicyclic amines) is 2. The number of piperidine rings is 1. The monoisotopic (exact) mass is 406 g/mol. The van der Waals surface area contributed by atoms with E-state index in [0.717, 1.165) is 44.6 Å². The fourth-order valence-electron chi connectivity index (χ4n) is 3.72. The van der Waals surface area contributed by atoms with E-state index in [1.165, 1.54) is 12.8 Å². The molecular formula is C18H25Cl3N2O2. The van der Waals surface area contributed by atoms with E-state index >= 15 is 0 Å². The summed E-state index contributed by atoms with van der Waals surface area (Å²) in [5.74, 6) is 0.0522. The van der Waals surface area contributed by atoms with Gasteiger partial charge in [0, 0.05) is 13.1 Å². The summed E-state index contributed by atoms with van der Waals surface area (Å²) in [6.07, 6.45) is 3.90. The Bertz CT molecular complexity index is 594. The lowest BCUT2D eigenvalue weighted by Crippen LogP contribution is -2.56. The highest BCUT2D eigenvalue weighted by Gasteiger charge is 2.34. The molecule has 1 amide bonds. The number of aliphatic hydroxyl groups excluding tert-OH is 1. The SMILES string of the molecule is Cl.O=C(Cc1ccc(Cl)c(Cl)c1)N1CCC[C@H](O)[C@H]1CN1CCCC1. The van der Waals surface area contributed by atoms with Gasteiger partial charge in [0.2, 0.25) is 5.91 Å². The lowest BCUT2D eigenvalue weighted by atomic mass is 9.97. The normalized spacial score (nSPS) is 24.2. The molecule has 0 radical (unpaired) electrons. The van der Waals surface area contributed by atoms with Gasteiger partial charge in [0.1, 0.15) is 0 Å². The van der Waals surface area contributed by atoms with Crippen molar-refractivity contribution < 1.29 is 9.90 Å². The maximum absolute atomic E-state index is 12.8. The number of halogens is 3. The number of hydrogen-bond donors (Lipinski definition) is 1. The van der Waals surface area contributed by atoms with Gasteiger partial charge in [0.05, 0.1) is 28.6 Å². The van der Waals surface area contributed by atoms with Crippen molar-refractivity contribution in [2.45, 2.75) is 44.2 Å². The lowest BCUT2D eigenvalue weighted by molar-refractivity contribution is -0.138. The van der Waals surface area contributed by atoms with E-state index in [1.807, 2.05) is 11.0 Å². The van der Waals surface area contributed by atoms with Crippen LogP contribution < -0.4 is 0 Å². The maximum Gasteiger partial charge on any atom is 0.227 e. The third-order valence-electron chi connectivity index (χ3n) is 5.05. The van der Waals surface area contributed by atoms with Gasteiger partial charge in [-0.15, -0.1) is 12.4 Å². The number of carbonyl (C=O) groups is 1. The van der Waals surface area contributed by atoms with Gasteiger partial charge in [-0.25, -0.2) is 0 Å². The molecule has 2 aliphatic rings. The molecule has 0 spiro atoms. The van der Waals surface area contributed by atoms with Crippen LogP contribution in [0.4, 0.5) is 0 Å². The molecule has 0 bridgehead atoms. The summed E-state index contributed by atoms with van der Waals surface area (Å²) in [6.45, 7) is 3.63. The number of benzene rings is 1. The van der Waals surface area contributed by atoms with Gasteiger partial charge >= 0.3 is 0 Å². The third-order valence-corrected chi connectivity index (χ3v) is 5.79. The van der Waals surface area contributed by atoms with Crippen molar-refractivity contribution in [3.05, 3.63) is 33.8 Å². The number of hydrogen-bond acceptors (Lipinski definition) is 3. The molecule has 4 nitrogen and oxygen atoms in total. The second-order valence-corrected chi connectivity index (χ2v) is 7.61. The van der Waals surface area contributed by atoms with Gasteiger partial charge in [0.25, 0.3) is 0 Å². The summed E-state index contributed by atoms with van der Waals surface area (Å²) in [5.41, 5.74) is 0.856. The fraction of sp³-hybridized carbons (Fsp3) is 0.611. The van der Waals surface area contributed by atoms with Crippen LogP contribution >= 0.6 is 35.6 Å². The Kier molecular flexibility index (Phi) is 7.84. The van der Waals surface area contributed by atoms with Crippen molar-refractivity contribution in [2.75, 3.05) is 26.2 Å². The topological polar surface area (TPSA) is 43.8 Å². The molecule has 2 atom stereocenters. The van der Waals surface area contributed by atoms with Crippen molar-refractivity contribution in [3.8, 4) is 0 Å². The number of amides is 1. The Morgan fingerprint density at radius 1 is 1.12 bits per heavy atom. The molecule has 25 heavy (non-hydrogen) atoms. The van der Waals surface area contributed by atoms with E-state index in [-0.39, 0.29) is 24.4 Å². The molecule has 0 aromatic heterocycles. The first-order valence-electron chi connectivity index (χ1n) is 8.68. The van der Waals surface area contributed by atoms with E-state index in [4.69, 9.17) is 23.2 Å². The van der Waals surface area contributed by atoms with E-state index in [0.29, 0.717) is 16.5 Å². The number of nitrogens with zero attached hydrogens (tertiary/aromatic N) is 2. The molecule has 1 aromatic carbocycles. The average Bonchev–Trinajstić information content (AvgIpc) is 3.06. The molecule has 0 saturated carbocycles. The van der Waals surface area contributed by atoms with Crippen molar-refractivity contribution in [2.24, 2.45) is 0 Å². The van der Waals surface area contributed by atoms with E-state index in [2.05, 4.69) is 4.90 Å². The predicted octanol–water partition coefficient (Wildman–Crippen LogP) is 3.41. The highest BCUT2D eigenvalue weighted by molar-refractivity contribution is 6.42. The summed E-state index contributed by atoms with van der Waals surface area (Å²) in [7, 11) is 0. The molecule has 140 valence electrons. The van der Waals surface area contributed by atoms with Gasteiger partial charge in [-0.05, 0) is 56.5 Å². The second-order valence-electron chi connectivity index (χ2n) is 6.80. The molecule has 1 N–H and O–H groups in total. The Morgan fingerprint density at radius 3 is 2.52 bits per heavy atom. The van der Waals surface area contributed by atoms with Gasteiger partial charge in [-0.3, -0.25) is 4.79 Å². The number of rotatable bonds is 4. The molecule has 2 aliphatic heterocycles. The van der Waals surface area contributed by atoms with Crippen LogP contribution in [0.5, 0.6) is 0 Å². The molecule has 7 heteroatoms. The Labute approximate surface area is 165 Å². The van der Waals surface area contributed by atoms with Gasteiger partial charge in [-0.2, -0.15) is 0 Å². The van der Waals surface area contributed by atoms with E-state index in [9.17, 15) is 9.90 Å². The molecule has 2 fully saturated rings. The van der Waals surface area contributed by atoms with Crippen LogP contribution in [-0.4, -0.2) is 59.1 Å². The third kappa shape index (κ3) is 5.24. The van der Waals surface area contributed by atoms with Crippen LogP contribution in [0.1, 0.15) is 31.2 Å². The summed E-state index contributed by atoms with van der Waals surface area (Å²) in [5, 5.41) is 11.4. The first kappa shape index (κ1) is 20.8. The van der Waals surface area contributed by atoms with Crippen LogP contribution in [0.25, 0.3) is 0 Å². The van der Waals surface area contributed by atoms with E-state index < -0.39 is 6.10 Å². The van der Waals surface area contributed by atoms with Gasteiger partial charge in [-0.1, -0.05) is 29.3 Å². The summed E-state index contributed by atoms with van der Waals surface area (Å²) >= 11 is 12.0. The number of carbonyl (C=O) groups excluding carboxylic acids is 1. The lowest BCUT2D eigenvalue weighted by Gasteiger charge is -2.41. The highest BCUT2D eigenvalue weighted by atomic mass is 35.5. The minimum absolute atomic E-state index is 0. The molecule has 2 heterocycles. The van der Waals surface area contributed by atoms with Gasteiger partial charge in [0.15, 0.2) is 0 Å². The van der Waals surface area contributed by atoms with Crippen LogP contribution in [0.3, 0.4) is 0 Å². The zero-order chi connectivity index (χ0) is 17.1. The summed E-state index contributed by atoms with van der Waals surface area (Å²) < 4.78 is 0. The average molecular weight is 408 g/mol. The smallest absolute Gasteiger partial charge is 0.227 e. The first-order valence-corrected chi connectivity index (χ1v) is 9.44. The molecule has 0 aliphatic carbocycles. The Balaban J connectivity index is 0.00000225. The fourth-order valence-corrected chi connectivity index (χ4v) is 4.04. The Morgan fingerprint density at radius 2 is 1.84 bits per heavy atom. The molecule has 0 unspecified atom stereocenters.